The van der Waals surface area contributed by atoms with Crippen molar-refractivity contribution in [3.8, 4) is 0 Å². The van der Waals surface area contributed by atoms with Gasteiger partial charge in [0.25, 0.3) is 0 Å². The first-order valence-corrected chi connectivity index (χ1v) is 13.4. The summed E-state index contributed by atoms with van der Waals surface area (Å²) in [5.74, 6) is -7.84. The van der Waals surface area contributed by atoms with Crippen molar-refractivity contribution < 1.29 is 53.7 Å². The number of hydrogen-bond acceptors (Lipinski definition) is 11. The van der Waals surface area contributed by atoms with Crippen LogP contribution >= 0.6 is 0 Å². The number of hydrogen-bond donors (Lipinski definition) is 11. The number of carboxylic acids is 2. The van der Waals surface area contributed by atoms with E-state index in [9.17, 15) is 43.5 Å². The van der Waals surface area contributed by atoms with Gasteiger partial charge in [-0.2, -0.15) is 0 Å². The van der Waals surface area contributed by atoms with Gasteiger partial charge in [0, 0.05) is 12.8 Å². The van der Waals surface area contributed by atoms with E-state index in [4.69, 9.17) is 27.4 Å². The molecule has 19 heteroatoms. The van der Waals surface area contributed by atoms with Crippen molar-refractivity contribution in [1.29, 1.82) is 0 Å². The molecule has 14 N–H and O–H groups in total. The number of carbonyl (C=O) groups excluding carboxylic acids is 6. The van der Waals surface area contributed by atoms with Crippen LogP contribution in [-0.2, 0) is 38.4 Å². The van der Waals surface area contributed by atoms with Crippen LogP contribution in [0.1, 0.15) is 51.9 Å². The van der Waals surface area contributed by atoms with Crippen molar-refractivity contribution in [3.05, 3.63) is 0 Å². The molecule has 43 heavy (non-hydrogen) atoms. The average Bonchev–Trinajstić information content (AvgIpc) is 2.94. The molecule has 0 rings (SSSR count). The largest absolute Gasteiger partial charge is 0.481 e. The highest BCUT2D eigenvalue weighted by Crippen LogP contribution is 2.04. The van der Waals surface area contributed by atoms with Gasteiger partial charge in [0.05, 0.1) is 12.6 Å². The van der Waals surface area contributed by atoms with E-state index < -0.39 is 90.7 Å². The zero-order valence-corrected chi connectivity index (χ0v) is 23.8. The minimum absolute atomic E-state index is 0.0478. The number of unbranched alkanes of at least 4 members (excludes halogenated alkanes) is 1. The van der Waals surface area contributed by atoms with E-state index in [0.717, 1.165) is 0 Å². The molecule has 0 radical (unpaired) electrons. The van der Waals surface area contributed by atoms with Crippen LogP contribution in [0.3, 0.4) is 0 Å². The van der Waals surface area contributed by atoms with Crippen molar-refractivity contribution in [3.63, 3.8) is 0 Å². The van der Waals surface area contributed by atoms with E-state index in [1.165, 1.54) is 6.92 Å². The van der Waals surface area contributed by atoms with Crippen LogP contribution in [0, 0.1) is 0 Å². The Balaban J connectivity index is 5.51. The van der Waals surface area contributed by atoms with E-state index in [0.29, 0.717) is 12.8 Å². The van der Waals surface area contributed by atoms with Crippen LogP contribution in [-0.4, -0.2) is 113 Å². The Hall–Kier alpha value is -4.36. The summed E-state index contributed by atoms with van der Waals surface area (Å²) in [6.45, 7) is -0.140. The molecule has 0 aromatic heterocycles. The van der Waals surface area contributed by atoms with Crippen LogP contribution in [0.2, 0.25) is 0 Å². The number of carboxylic acid groups (broad SMARTS) is 2. The summed E-state index contributed by atoms with van der Waals surface area (Å²) in [6.07, 6.45) is -0.306. The summed E-state index contributed by atoms with van der Waals surface area (Å²) in [6, 6.07) is -6.71. The first-order valence-electron chi connectivity index (χ1n) is 13.4. The maximum atomic E-state index is 13.0. The Labute approximate surface area is 247 Å². The van der Waals surface area contributed by atoms with Gasteiger partial charge in [0.2, 0.25) is 35.4 Å². The molecular weight excluding hydrogens is 576 g/mol. The molecule has 0 aliphatic heterocycles. The number of carbonyl (C=O) groups is 8. The molecule has 0 unspecified atom stereocenters. The van der Waals surface area contributed by atoms with Gasteiger partial charge in [-0.25, -0.2) is 0 Å². The Kier molecular flexibility index (Phi) is 18.4. The SMILES string of the molecule is C[C@H](NC(=O)[C@@H](N)CCC(=O)O)C(=O)N[C@@H](CCCCN)C(=O)N[C@@H](CO)C(=O)N[C@@H](CCC(N)=O)C(=O)NCC(=O)O. The molecule has 6 amide bonds. The summed E-state index contributed by atoms with van der Waals surface area (Å²) >= 11 is 0. The Bertz CT molecular complexity index is 1010. The number of aliphatic hydroxyl groups excluding tert-OH is 1. The summed E-state index contributed by atoms with van der Waals surface area (Å²) in [7, 11) is 0. The van der Waals surface area contributed by atoms with E-state index in [2.05, 4.69) is 21.3 Å². The first-order chi connectivity index (χ1) is 20.1. The van der Waals surface area contributed by atoms with Crippen molar-refractivity contribution in [1.82, 2.24) is 26.6 Å². The van der Waals surface area contributed by atoms with Gasteiger partial charge in [-0.1, -0.05) is 0 Å². The van der Waals surface area contributed by atoms with Crippen LogP contribution in [0.4, 0.5) is 0 Å². The second kappa shape index (κ2) is 20.5. The number of rotatable bonds is 22. The predicted octanol–water partition coefficient (Wildman–Crippen LogP) is -5.27. The fourth-order valence-electron chi connectivity index (χ4n) is 3.43. The van der Waals surface area contributed by atoms with Crippen molar-refractivity contribution >= 4 is 47.4 Å². The second-order valence-corrected chi connectivity index (χ2v) is 9.54. The van der Waals surface area contributed by atoms with Crippen molar-refractivity contribution in [2.45, 2.75) is 82.1 Å². The maximum absolute atomic E-state index is 13.0. The molecule has 0 fully saturated rings. The highest BCUT2D eigenvalue weighted by molar-refractivity contribution is 5.96. The smallest absolute Gasteiger partial charge is 0.322 e. The Morgan fingerprint density at radius 2 is 1.23 bits per heavy atom. The molecule has 0 aromatic rings. The lowest BCUT2D eigenvalue weighted by atomic mass is 10.1. The summed E-state index contributed by atoms with van der Waals surface area (Å²) in [4.78, 5) is 95.7. The van der Waals surface area contributed by atoms with Crippen LogP contribution < -0.4 is 43.8 Å². The predicted molar refractivity (Wildman–Crippen MR) is 147 cm³/mol. The van der Waals surface area contributed by atoms with Gasteiger partial charge in [-0.3, -0.25) is 38.4 Å². The topological polar surface area (TPSA) is 335 Å². The minimum Gasteiger partial charge on any atom is -0.481 e. The number of nitrogens with two attached hydrogens (primary N) is 3. The monoisotopic (exact) mass is 618 g/mol. The molecule has 0 saturated carbocycles. The molecule has 0 bridgehead atoms. The van der Waals surface area contributed by atoms with E-state index in [1.807, 2.05) is 5.32 Å². The van der Waals surface area contributed by atoms with E-state index in [1.54, 1.807) is 0 Å². The van der Waals surface area contributed by atoms with Gasteiger partial charge in [-0.15, -0.1) is 0 Å². The van der Waals surface area contributed by atoms with Gasteiger partial charge < -0.3 is 59.1 Å². The zero-order valence-electron chi connectivity index (χ0n) is 23.8. The molecule has 19 nitrogen and oxygen atoms in total. The normalized spacial score (nSPS) is 14.1. The maximum Gasteiger partial charge on any atom is 0.322 e. The lowest BCUT2D eigenvalue weighted by Gasteiger charge is -2.25. The van der Waals surface area contributed by atoms with Crippen LogP contribution in [0.5, 0.6) is 0 Å². The van der Waals surface area contributed by atoms with Crippen LogP contribution in [0.25, 0.3) is 0 Å². The molecule has 0 aromatic carbocycles. The molecule has 0 aliphatic rings. The highest BCUT2D eigenvalue weighted by atomic mass is 16.4. The molecule has 0 spiro atoms. The lowest BCUT2D eigenvalue weighted by molar-refractivity contribution is -0.139. The zero-order chi connectivity index (χ0) is 33.1. The van der Waals surface area contributed by atoms with E-state index in [-0.39, 0.29) is 38.6 Å². The molecule has 244 valence electrons. The standard InChI is InChI=1S/C24H42N8O11/c1-12(29-21(40)13(26)5-8-18(35)36)20(39)30-14(4-2-3-9-25)23(42)32-16(11-33)24(43)31-15(6-7-17(27)34)22(41)28-10-19(37)38/h12-16,33H,2-11,25-26H2,1H3,(H2,27,34)(H,28,41)(H,29,40)(H,30,39)(H,31,43)(H,32,42)(H,35,36)(H,37,38)/t12-,13-,14-,15-,16-/m0/s1. The number of amides is 6. The molecule has 5 atom stereocenters. The number of primary amides is 1. The number of aliphatic carboxylic acids is 2. The Morgan fingerprint density at radius 3 is 1.77 bits per heavy atom. The molecule has 0 aliphatic carbocycles. The highest BCUT2D eigenvalue weighted by Gasteiger charge is 2.30. The van der Waals surface area contributed by atoms with Crippen molar-refractivity contribution in [2.75, 3.05) is 19.7 Å². The molecular formula is C24H42N8O11. The molecule has 0 heterocycles. The van der Waals surface area contributed by atoms with Gasteiger partial charge in [0.15, 0.2) is 0 Å². The summed E-state index contributed by atoms with van der Waals surface area (Å²) in [5, 5.41) is 38.5. The fourth-order valence-corrected chi connectivity index (χ4v) is 3.43. The van der Waals surface area contributed by atoms with Gasteiger partial charge in [0.1, 0.15) is 30.7 Å². The number of aliphatic hydroxyl groups is 1. The van der Waals surface area contributed by atoms with Gasteiger partial charge >= 0.3 is 11.9 Å². The quantitative estimate of drug-likeness (QED) is 0.0506. The second-order valence-electron chi connectivity index (χ2n) is 9.54. The third kappa shape index (κ3) is 16.6. The van der Waals surface area contributed by atoms with Crippen LogP contribution in [0.15, 0.2) is 0 Å². The third-order valence-corrected chi connectivity index (χ3v) is 5.88. The van der Waals surface area contributed by atoms with Gasteiger partial charge in [-0.05, 0) is 45.6 Å². The fraction of sp³-hybridized carbons (Fsp3) is 0.667. The lowest BCUT2D eigenvalue weighted by Crippen LogP contribution is -2.59. The first kappa shape index (κ1) is 38.6. The minimum atomic E-state index is -1.63. The van der Waals surface area contributed by atoms with Crippen molar-refractivity contribution in [2.24, 2.45) is 17.2 Å². The average molecular weight is 619 g/mol. The number of nitrogens with one attached hydrogen (secondary N) is 5. The molecule has 0 saturated heterocycles. The summed E-state index contributed by atoms with van der Waals surface area (Å²) < 4.78 is 0. The van der Waals surface area contributed by atoms with E-state index >= 15 is 0 Å². The summed E-state index contributed by atoms with van der Waals surface area (Å²) in [5.41, 5.74) is 16.2. The third-order valence-electron chi connectivity index (χ3n) is 5.88. The Morgan fingerprint density at radius 1 is 0.674 bits per heavy atom.